The third-order valence-corrected chi connectivity index (χ3v) is 2.76. The van der Waals surface area contributed by atoms with Crippen LogP contribution in [0.15, 0.2) is 0 Å². The number of Topliss-reactive ketones (excluding diaryl/α,β-unsaturated/α-hetero) is 1. The number of hydrogen-bond acceptors (Lipinski definition) is 2. The summed E-state index contributed by atoms with van der Waals surface area (Å²) in [7, 11) is 0. The predicted molar refractivity (Wildman–Crippen MR) is 54.8 cm³/mol. The van der Waals surface area contributed by atoms with Gasteiger partial charge in [0.2, 0.25) is 0 Å². The molecule has 1 saturated carbocycles. The van der Waals surface area contributed by atoms with Crippen LogP contribution in [0.2, 0.25) is 0 Å². The van der Waals surface area contributed by atoms with E-state index >= 15 is 0 Å². The van der Waals surface area contributed by atoms with E-state index in [1.54, 1.807) is 0 Å². The van der Waals surface area contributed by atoms with Gasteiger partial charge in [0.1, 0.15) is 5.78 Å². The number of ether oxygens (including phenoxy) is 1. The van der Waals surface area contributed by atoms with Crippen LogP contribution in [0.4, 0.5) is 0 Å². The summed E-state index contributed by atoms with van der Waals surface area (Å²) >= 11 is 0. The first-order chi connectivity index (χ1) is 6.34. The van der Waals surface area contributed by atoms with Crippen LogP contribution in [-0.4, -0.2) is 19.0 Å². The zero-order valence-corrected chi connectivity index (χ0v) is 8.55. The molecule has 1 rings (SSSR count). The standard InChI is InChI=1S/C11H20O2.H2/c1-2-13-9-8-11(12)10-6-4-3-5-7-10;/h10H,2-9H2,1H3;1H. The maximum Gasteiger partial charge on any atom is 0.138 e. The topological polar surface area (TPSA) is 26.3 Å². The third kappa shape index (κ3) is 3.90. The quantitative estimate of drug-likeness (QED) is 0.617. The zero-order chi connectivity index (χ0) is 9.52. The first kappa shape index (κ1) is 10.7. The Kier molecular flexibility index (Phi) is 5.06. The van der Waals surface area contributed by atoms with Crippen LogP contribution < -0.4 is 0 Å². The Hall–Kier alpha value is -0.370. The van der Waals surface area contributed by atoms with E-state index < -0.39 is 0 Å². The summed E-state index contributed by atoms with van der Waals surface area (Å²) in [6.07, 6.45) is 6.65. The van der Waals surface area contributed by atoms with Crippen LogP contribution in [0.3, 0.4) is 0 Å². The molecule has 0 aromatic rings. The number of carbonyl (C=O) groups is 1. The van der Waals surface area contributed by atoms with Gasteiger partial charge in [0.25, 0.3) is 0 Å². The van der Waals surface area contributed by atoms with Gasteiger partial charge in [-0.3, -0.25) is 4.79 Å². The van der Waals surface area contributed by atoms with Crippen LogP contribution in [0, 0.1) is 5.92 Å². The normalized spacial score (nSPS) is 18.8. The van der Waals surface area contributed by atoms with Gasteiger partial charge in [-0.25, -0.2) is 0 Å². The molecule has 0 unspecified atom stereocenters. The molecule has 0 spiro atoms. The van der Waals surface area contributed by atoms with E-state index in [-0.39, 0.29) is 1.43 Å². The smallest absolute Gasteiger partial charge is 0.138 e. The fourth-order valence-corrected chi connectivity index (χ4v) is 1.95. The van der Waals surface area contributed by atoms with Gasteiger partial charge in [-0.15, -0.1) is 0 Å². The molecule has 1 aliphatic rings. The summed E-state index contributed by atoms with van der Waals surface area (Å²) in [4.78, 5) is 11.6. The molecule has 0 bridgehead atoms. The Morgan fingerprint density at radius 2 is 2.08 bits per heavy atom. The van der Waals surface area contributed by atoms with Gasteiger partial charge in [0.05, 0.1) is 6.61 Å². The largest absolute Gasteiger partial charge is 0.381 e. The molecule has 2 nitrogen and oxygen atoms in total. The number of ketones is 1. The van der Waals surface area contributed by atoms with Crippen molar-refractivity contribution in [2.75, 3.05) is 13.2 Å². The second-order valence-corrected chi connectivity index (χ2v) is 3.75. The van der Waals surface area contributed by atoms with Gasteiger partial charge in [0, 0.05) is 20.4 Å². The van der Waals surface area contributed by atoms with E-state index in [1.165, 1.54) is 19.3 Å². The van der Waals surface area contributed by atoms with Crippen molar-refractivity contribution in [2.45, 2.75) is 45.4 Å². The maximum absolute atomic E-state index is 11.6. The van der Waals surface area contributed by atoms with Crippen molar-refractivity contribution in [1.82, 2.24) is 0 Å². The lowest BCUT2D eigenvalue weighted by molar-refractivity contribution is -0.124. The molecule has 78 valence electrons. The summed E-state index contributed by atoms with van der Waals surface area (Å²) in [6.45, 7) is 3.30. The van der Waals surface area contributed by atoms with Crippen LogP contribution in [0.25, 0.3) is 0 Å². The Bertz CT molecular complexity index is 153. The molecule has 2 heteroatoms. The minimum Gasteiger partial charge on any atom is -0.381 e. The van der Waals surface area contributed by atoms with Crippen molar-refractivity contribution in [3.63, 3.8) is 0 Å². The third-order valence-electron chi connectivity index (χ3n) is 2.76. The highest BCUT2D eigenvalue weighted by Gasteiger charge is 2.20. The lowest BCUT2D eigenvalue weighted by atomic mass is 9.85. The van der Waals surface area contributed by atoms with Crippen LogP contribution in [0.5, 0.6) is 0 Å². The highest BCUT2D eigenvalue weighted by atomic mass is 16.5. The first-order valence-corrected chi connectivity index (χ1v) is 5.45. The first-order valence-electron chi connectivity index (χ1n) is 5.45. The van der Waals surface area contributed by atoms with Crippen molar-refractivity contribution in [1.29, 1.82) is 0 Å². The summed E-state index contributed by atoms with van der Waals surface area (Å²) in [5.41, 5.74) is 0. The predicted octanol–water partition coefficient (Wildman–Crippen LogP) is 2.81. The Balaban J connectivity index is 0.00000169. The van der Waals surface area contributed by atoms with E-state index in [0.29, 0.717) is 24.7 Å². The number of carbonyl (C=O) groups excluding carboxylic acids is 1. The Morgan fingerprint density at radius 1 is 1.38 bits per heavy atom. The monoisotopic (exact) mass is 186 g/mol. The van der Waals surface area contributed by atoms with Crippen molar-refractivity contribution in [3.8, 4) is 0 Å². The summed E-state index contributed by atoms with van der Waals surface area (Å²) < 4.78 is 5.17. The van der Waals surface area contributed by atoms with Gasteiger partial charge in [-0.2, -0.15) is 0 Å². The van der Waals surface area contributed by atoms with Crippen molar-refractivity contribution in [3.05, 3.63) is 0 Å². The van der Waals surface area contributed by atoms with E-state index in [4.69, 9.17) is 4.74 Å². The molecule has 0 aliphatic heterocycles. The van der Waals surface area contributed by atoms with E-state index in [1.807, 2.05) is 6.92 Å². The fourth-order valence-electron chi connectivity index (χ4n) is 1.95. The van der Waals surface area contributed by atoms with Crippen molar-refractivity contribution in [2.24, 2.45) is 5.92 Å². The van der Waals surface area contributed by atoms with Crippen LogP contribution in [0.1, 0.15) is 46.9 Å². The van der Waals surface area contributed by atoms with Crippen molar-refractivity contribution >= 4 is 5.78 Å². The molecule has 0 radical (unpaired) electrons. The molecule has 0 saturated heterocycles. The summed E-state index contributed by atoms with van der Waals surface area (Å²) in [5, 5.41) is 0. The van der Waals surface area contributed by atoms with Gasteiger partial charge >= 0.3 is 0 Å². The Morgan fingerprint density at radius 3 is 2.69 bits per heavy atom. The van der Waals surface area contributed by atoms with Gasteiger partial charge in [0.15, 0.2) is 0 Å². The molecule has 0 atom stereocenters. The minimum atomic E-state index is 0. The molecule has 1 aliphatic carbocycles. The second kappa shape index (κ2) is 6.14. The number of hydrogen-bond donors (Lipinski definition) is 0. The fraction of sp³-hybridized carbons (Fsp3) is 0.909. The van der Waals surface area contributed by atoms with E-state index in [2.05, 4.69) is 0 Å². The van der Waals surface area contributed by atoms with Gasteiger partial charge in [-0.05, 0) is 19.8 Å². The lowest BCUT2D eigenvalue weighted by Gasteiger charge is -2.19. The Labute approximate surface area is 82.1 Å². The molecular formula is C11H22O2. The molecule has 0 amide bonds. The van der Waals surface area contributed by atoms with Gasteiger partial charge < -0.3 is 4.74 Å². The molecule has 0 aromatic heterocycles. The average molecular weight is 186 g/mol. The van der Waals surface area contributed by atoms with Gasteiger partial charge in [-0.1, -0.05) is 19.3 Å². The van der Waals surface area contributed by atoms with E-state index in [0.717, 1.165) is 19.4 Å². The molecule has 0 N–H and O–H groups in total. The molecule has 13 heavy (non-hydrogen) atoms. The highest BCUT2D eigenvalue weighted by molar-refractivity contribution is 5.81. The lowest BCUT2D eigenvalue weighted by Crippen LogP contribution is -2.19. The van der Waals surface area contributed by atoms with Crippen molar-refractivity contribution < 1.29 is 11.0 Å². The number of rotatable bonds is 5. The molecule has 0 aromatic carbocycles. The maximum atomic E-state index is 11.6. The van der Waals surface area contributed by atoms with Crippen LogP contribution >= 0.6 is 0 Å². The average Bonchev–Trinajstić information content (AvgIpc) is 2.19. The molecule has 0 heterocycles. The summed E-state index contributed by atoms with van der Waals surface area (Å²) in [6, 6.07) is 0. The highest BCUT2D eigenvalue weighted by Crippen LogP contribution is 2.25. The minimum absolute atomic E-state index is 0. The second-order valence-electron chi connectivity index (χ2n) is 3.75. The molecular weight excluding hydrogens is 164 g/mol. The molecule has 1 fully saturated rings. The SMILES string of the molecule is CCOCCC(=O)C1CCCCC1.[HH]. The summed E-state index contributed by atoms with van der Waals surface area (Å²) in [5.74, 6) is 0.780. The van der Waals surface area contributed by atoms with E-state index in [9.17, 15) is 4.79 Å². The zero-order valence-electron chi connectivity index (χ0n) is 8.55. The van der Waals surface area contributed by atoms with Crippen LogP contribution in [-0.2, 0) is 9.53 Å².